The number of nitrogens with one attached hydrogen (secondary N) is 1. The Bertz CT molecular complexity index is 1470. The topological polar surface area (TPSA) is 118 Å². The molecule has 1 fully saturated rings. The molecule has 206 valence electrons. The zero-order valence-corrected chi connectivity index (χ0v) is 23.1. The summed E-state index contributed by atoms with van der Waals surface area (Å²) in [7, 11) is 1.06. The normalized spacial score (nSPS) is 13.6. The fourth-order valence-electron chi connectivity index (χ4n) is 4.27. The van der Waals surface area contributed by atoms with E-state index in [1.165, 1.54) is 9.80 Å². The van der Waals surface area contributed by atoms with Crippen molar-refractivity contribution in [1.29, 1.82) is 0 Å². The molecule has 0 saturated carbocycles. The summed E-state index contributed by atoms with van der Waals surface area (Å²) in [5.41, 5.74) is 5.55. The fourth-order valence-corrected chi connectivity index (χ4v) is 4.55. The van der Waals surface area contributed by atoms with Crippen molar-refractivity contribution >= 4 is 25.8 Å². The zero-order chi connectivity index (χ0) is 28.5. The molecule has 0 unspecified atom stereocenters. The number of hydrogen-bond donors (Lipinski definition) is 1. The van der Waals surface area contributed by atoms with Gasteiger partial charge in [0.25, 0.3) is 0 Å². The second kappa shape index (κ2) is 13.6. The van der Waals surface area contributed by atoms with Crippen LogP contribution in [0.15, 0.2) is 66.7 Å². The Morgan fingerprint density at radius 1 is 0.950 bits per heavy atom. The van der Waals surface area contributed by atoms with Gasteiger partial charge < -0.3 is 0 Å². The van der Waals surface area contributed by atoms with Crippen LogP contribution in [0.4, 0.5) is 4.79 Å². The van der Waals surface area contributed by atoms with E-state index in [9.17, 15) is 18.9 Å². The number of benzene rings is 2. The maximum atomic E-state index is 13.4. The summed E-state index contributed by atoms with van der Waals surface area (Å²) in [6, 6.07) is 19.1. The number of rotatable bonds is 7. The van der Waals surface area contributed by atoms with Gasteiger partial charge in [-0.15, -0.1) is 0 Å². The molecule has 1 atom stereocenters. The molecule has 1 aliphatic rings. The summed E-state index contributed by atoms with van der Waals surface area (Å²) in [5.74, 6) is -0.395. The van der Waals surface area contributed by atoms with E-state index in [2.05, 4.69) is 15.9 Å². The van der Waals surface area contributed by atoms with E-state index in [0.717, 1.165) is 16.7 Å². The van der Waals surface area contributed by atoms with Crippen molar-refractivity contribution in [2.24, 2.45) is 0 Å². The van der Waals surface area contributed by atoms with Gasteiger partial charge in [-0.1, -0.05) is 0 Å². The average Bonchev–Trinajstić information content (AvgIpc) is 3.01. The molecule has 3 aromatic rings. The number of ether oxygens (including phenoxy) is 2. The molecular formula is C29H29N4O6P. The Labute approximate surface area is 233 Å². The molecule has 10 nitrogen and oxygen atoms in total. The summed E-state index contributed by atoms with van der Waals surface area (Å²) in [5, 5.41) is 2.63. The van der Waals surface area contributed by atoms with E-state index in [4.69, 9.17) is 9.47 Å². The zero-order valence-electron chi connectivity index (χ0n) is 22.2. The first-order valence-corrected chi connectivity index (χ1v) is 13.6. The minimum atomic E-state index is -1.27. The Hall–Kier alpha value is -4.39. The van der Waals surface area contributed by atoms with Crippen LogP contribution in [0.3, 0.4) is 0 Å². The molecule has 1 aliphatic heterocycles. The van der Waals surface area contributed by atoms with Gasteiger partial charge in [0, 0.05) is 0 Å². The maximum absolute atomic E-state index is 13.4. The summed E-state index contributed by atoms with van der Waals surface area (Å²) >= 11 is 0. The second-order valence-corrected chi connectivity index (χ2v) is 9.30. The first kappa shape index (κ1) is 28.6. The molecule has 1 aromatic heterocycles. The third-order valence-corrected chi connectivity index (χ3v) is 6.74. The van der Waals surface area contributed by atoms with E-state index >= 15 is 0 Å². The fraction of sp³-hybridized carbons (Fsp3) is 0.276. The van der Waals surface area contributed by atoms with Crippen molar-refractivity contribution in [3.8, 4) is 33.8 Å². The van der Waals surface area contributed by atoms with Gasteiger partial charge in [-0.25, -0.2) is 0 Å². The van der Waals surface area contributed by atoms with Gasteiger partial charge >= 0.3 is 226 Å². The number of piperazine rings is 1. The molecule has 1 saturated heterocycles. The van der Waals surface area contributed by atoms with Gasteiger partial charge in [-0.05, 0) is 0 Å². The summed E-state index contributed by atoms with van der Waals surface area (Å²) in [4.78, 5) is 46.2. The average molecular weight is 561 g/mol. The molecule has 0 radical (unpaired) electrons. The van der Waals surface area contributed by atoms with Crippen LogP contribution < -0.4 is 10.1 Å². The van der Waals surface area contributed by atoms with Crippen LogP contribution in [-0.2, 0) is 14.1 Å². The van der Waals surface area contributed by atoms with Crippen LogP contribution in [0.25, 0.3) is 22.4 Å². The third kappa shape index (κ3) is 6.97. The first-order chi connectivity index (χ1) is 19.4. The van der Waals surface area contributed by atoms with Gasteiger partial charge in [0.15, 0.2) is 0 Å². The molecule has 0 spiro atoms. The molecule has 3 amide bonds. The van der Waals surface area contributed by atoms with Crippen LogP contribution in [-0.4, -0.2) is 78.6 Å². The van der Waals surface area contributed by atoms with E-state index in [0.29, 0.717) is 11.4 Å². The number of methoxy groups -OCH3 is 1. The number of aromatic nitrogens is 1. The molecule has 0 aliphatic carbocycles. The molecule has 40 heavy (non-hydrogen) atoms. The summed E-state index contributed by atoms with van der Waals surface area (Å²) < 4.78 is 21.7. The number of nitrogens with zero attached hydrogens (tertiary/aromatic N) is 3. The number of hydrogen-bond acceptors (Lipinski definition) is 7. The van der Waals surface area contributed by atoms with Crippen LogP contribution >= 0.6 is 7.92 Å². The van der Waals surface area contributed by atoms with Crippen LogP contribution in [0, 0.1) is 5.63 Å². The molecular weight excluding hydrogens is 531 g/mol. The van der Waals surface area contributed by atoms with Crippen molar-refractivity contribution in [2.75, 3.05) is 39.9 Å². The van der Waals surface area contributed by atoms with E-state index < -0.39 is 31.9 Å². The summed E-state index contributed by atoms with van der Waals surface area (Å²) in [6.45, 7) is 3.04. The number of pyridine rings is 1. The predicted octanol–water partition coefficient (Wildman–Crippen LogP) is 4.07. The van der Waals surface area contributed by atoms with E-state index in [1.54, 1.807) is 20.1 Å². The first-order valence-electron chi connectivity index (χ1n) is 12.7. The molecule has 2 heterocycles. The van der Waals surface area contributed by atoms with Crippen LogP contribution in [0.5, 0.6) is 5.75 Å². The predicted molar refractivity (Wildman–Crippen MR) is 150 cm³/mol. The van der Waals surface area contributed by atoms with Gasteiger partial charge in [-0.2, -0.15) is 0 Å². The van der Waals surface area contributed by atoms with Crippen molar-refractivity contribution in [3.05, 3.63) is 72.4 Å². The van der Waals surface area contributed by atoms with Gasteiger partial charge in [0.2, 0.25) is 0 Å². The van der Waals surface area contributed by atoms with Gasteiger partial charge in [0.1, 0.15) is 0 Å². The second-order valence-electron chi connectivity index (χ2n) is 8.86. The standard InChI is InChI=1S/C29H29N4O6P/c1-3-39-29(36)33-15-13-32(14-16-33)28(35)26(19-40-37)31-27(34)25-18-22(20-9-11-23(38-2)12-10-20)17-24(30-25)21-7-5-4-6-8-21/h4-12,17-18,26H,3,13-16H2,1-2H3,(H,31,34)/t26-/m0/s1. The Kier molecular flexibility index (Phi) is 9.73. The van der Waals surface area contributed by atoms with Crippen LogP contribution in [0.2, 0.25) is 0 Å². The molecule has 2 aromatic carbocycles. The van der Waals surface area contributed by atoms with Crippen molar-refractivity contribution in [2.45, 2.75) is 13.0 Å². The Balaban J connectivity index is 1.58. The molecule has 0 bridgehead atoms. The number of amides is 3. The Morgan fingerprint density at radius 3 is 2.25 bits per heavy atom. The van der Waals surface area contributed by atoms with Crippen molar-refractivity contribution < 1.29 is 28.4 Å². The summed E-state index contributed by atoms with van der Waals surface area (Å²) in [6.07, 6.45) is -0.437. The van der Waals surface area contributed by atoms with Gasteiger partial charge in [0.05, 0.1) is 7.11 Å². The van der Waals surface area contributed by atoms with Gasteiger partial charge in [-0.3, -0.25) is 0 Å². The minimum absolute atomic E-state index is 0.0847. The third-order valence-electron chi connectivity index (χ3n) is 6.37. The molecule has 11 heteroatoms. The van der Waals surface area contributed by atoms with Crippen LogP contribution in [0.1, 0.15) is 17.4 Å². The van der Waals surface area contributed by atoms with Crippen molar-refractivity contribution in [1.82, 2.24) is 20.1 Å². The SMILES string of the molecule is CCOC(=O)N1CCN(C(=O)[C@H](C#P=O)NC(=O)c2cc(-c3ccc(OC)cc3)cc(-c3ccccc3)n2)CC1. The van der Waals surface area contributed by atoms with Crippen molar-refractivity contribution in [3.63, 3.8) is 0 Å². The number of carbonyl (C=O) groups is 3. The van der Waals surface area contributed by atoms with E-state index in [-0.39, 0.29) is 38.5 Å². The Morgan fingerprint density at radius 2 is 1.62 bits per heavy atom. The monoisotopic (exact) mass is 560 g/mol. The quantitative estimate of drug-likeness (QED) is 0.433. The molecule has 1 N–H and O–H groups in total. The molecule has 4 rings (SSSR count). The van der Waals surface area contributed by atoms with E-state index in [1.807, 2.05) is 60.7 Å². The number of carbonyl (C=O) groups excluding carboxylic acids is 3.